The second-order valence-electron chi connectivity index (χ2n) is 39.2. The lowest BCUT2D eigenvalue weighted by atomic mass is 9.77. The lowest BCUT2D eigenvalue weighted by Gasteiger charge is -2.27. The van der Waals surface area contributed by atoms with Crippen LogP contribution in [-0.2, 0) is 12.8 Å². The van der Waals surface area contributed by atoms with E-state index in [1.165, 1.54) is 0 Å². The monoisotopic (exact) mass is 1940 g/mol. The maximum atomic E-state index is 10.8. The third kappa shape index (κ3) is 23.8. The quantitative estimate of drug-likeness (QED) is 0.0281. The van der Waals surface area contributed by atoms with Crippen LogP contribution >= 0.6 is 0 Å². The average molecular weight is 1940 g/mol. The van der Waals surface area contributed by atoms with Crippen LogP contribution in [-0.4, -0.2) is 76.6 Å². The standard InChI is InChI=1S/C40H42O4.C36H34O4.C32H26O4.C23H24O3/c1-21-17-35(41)25(5)13-31(21)39(32-14-26(6)36(42)18-22(32)2)29-9-11-30(12-10-29)40(33-15-27(7)37(43)19-23(33)3)34-16-28(8)38(44)20-24(34)4;1-21-17-27(9-13-31(21)37)35(28-10-14-32(38)22(2)18-28)25-5-7-26(8-6-25)36(29-11-15-33(39)23(3)19-29)30-12-16-34(40)24(4)20-30;33-27-13-5-23(6-14-27)31(24-7-15-28(34)16-8-24)21-1-2-22(4-3-21)32(25-9-17-29(35)18-10-25)26-11-19-30(36)20-12-26;1-14-4-6-21(24)17(8-14)12-19-10-16(3)11-20(23(19)26)13-18-9-15(2)5-7-22(18)25/h9-20,39-44H,1-8H3;5-20,35-40H,1-4H3;1-20,31-36H;4-11,24-26H,12-13H2,1-3H3. The van der Waals surface area contributed by atoms with E-state index < -0.39 is 0 Å². The van der Waals surface area contributed by atoms with Crippen LogP contribution in [0.3, 0.4) is 0 Å². The molecule has 146 heavy (non-hydrogen) atoms. The van der Waals surface area contributed by atoms with Gasteiger partial charge in [-0.05, 0) is 402 Å². The lowest BCUT2D eigenvalue weighted by molar-refractivity contribution is 0.456. The molecule has 0 aliphatic rings. The van der Waals surface area contributed by atoms with Crippen molar-refractivity contribution in [2.45, 2.75) is 152 Å². The van der Waals surface area contributed by atoms with Crippen molar-refractivity contribution >= 4 is 0 Å². The molecule has 740 valence electrons. The van der Waals surface area contributed by atoms with Gasteiger partial charge in [-0.3, -0.25) is 0 Å². The molecule has 0 atom stereocenters. The molecule has 0 aliphatic heterocycles. The van der Waals surface area contributed by atoms with E-state index in [1.54, 1.807) is 84.9 Å². The first-order valence-corrected chi connectivity index (χ1v) is 48.9. The molecule has 0 saturated heterocycles. The molecule has 0 amide bonds. The molecule has 0 aromatic heterocycles. The largest absolute Gasteiger partial charge is 0.508 e. The molecule has 0 fully saturated rings. The highest BCUT2D eigenvalue weighted by Crippen LogP contribution is 2.48. The fourth-order valence-electron chi connectivity index (χ4n) is 20.0. The van der Waals surface area contributed by atoms with Crippen LogP contribution in [0.4, 0.5) is 0 Å². The van der Waals surface area contributed by atoms with Gasteiger partial charge < -0.3 is 76.6 Å². The minimum atomic E-state index is -0.114. The van der Waals surface area contributed by atoms with Gasteiger partial charge in [0.2, 0.25) is 0 Å². The second kappa shape index (κ2) is 44.6. The summed E-state index contributed by atoms with van der Waals surface area (Å²) in [6.07, 6.45) is 0.904. The Morgan fingerprint density at radius 3 is 0.521 bits per heavy atom. The van der Waals surface area contributed by atoms with Gasteiger partial charge in [0, 0.05) is 48.3 Å². The summed E-state index contributed by atoms with van der Waals surface area (Å²) >= 11 is 0. The van der Waals surface area contributed by atoms with E-state index in [4.69, 9.17) is 0 Å². The summed E-state index contributed by atoms with van der Waals surface area (Å²) in [7, 11) is 0. The number of aromatic hydroxyl groups is 15. The molecule has 18 aromatic carbocycles. The number of hydrogen-bond acceptors (Lipinski definition) is 15. The number of aryl methyl sites for hydroxylation is 15. The maximum Gasteiger partial charge on any atom is 0.122 e. The number of benzene rings is 18. The third-order valence-electron chi connectivity index (χ3n) is 28.2. The summed E-state index contributed by atoms with van der Waals surface area (Å²) in [6.45, 7) is 29.3. The van der Waals surface area contributed by atoms with Crippen LogP contribution in [0, 0.1) is 104 Å². The highest BCUT2D eigenvalue weighted by atomic mass is 16.3. The Balaban J connectivity index is 0.000000148. The van der Waals surface area contributed by atoms with Gasteiger partial charge >= 0.3 is 0 Å². The normalized spacial score (nSPS) is 11.3. The van der Waals surface area contributed by atoms with Crippen molar-refractivity contribution in [3.8, 4) is 86.2 Å². The zero-order valence-electron chi connectivity index (χ0n) is 84.9. The lowest BCUT2D eigenvalue weighted by Crippen LogP contribution is -2.10. The van der Waals surface area contributed by atoms with Gasteiger partial charge in [0.15, 0.2) is 0 Å². The molecule has 15 nitrogen and oxygen atoms in total. The fourth-order valence-corrected chi connectivity index (χ4v) is 20.0. The summed E-state index contributed by atoms with van der Waals surface area (Å²) in [5.74, 6) is 3.09. The Hall–Kier alpha value is -17.0. The van der Waals surface area contributed by atoms with E-state index in [0.29, 0.717) is 12.8 Å². The molecule has 0 radical (unpaired) electrons. The Bertz CT molecular complexity index is 7000. The van der Waals surface area contributed by atoms with Crippen molar-refractivity contribution in [1.29, 1.82) is 0 Å². The van der Waals surface area contributed by atoms with E-state index in [9.17, 15) is 76.6 Å². The van der Waals surface area contributed by atoms with Crippen LogP contribution in [0.25, 0.3) is 0 Å². The Morgan fingerprint density at radius 2 is 0.308 bits per heavy atom. The van der Waals surface area contributed by atoms with Gasteiger partial charge in [-0.2, -0.15) is 0 Å². The fraction of sp³-hybridized carbons (Fsp3) is 0.176. The zero-order chi connectivity index (χ0) is 104. The number of hydrogen-bond donors (Lipinski definition) is 15. The Labute approximate surface area is 855 Å². The first kappa shape index (κ1) is 103. The number of rotatable bonds is 22. The summed E-state index contributed by atoms with van der Waals surface area (Å²) in [5.41, 5.74) is 36.0. The summed E-state index contributed by atoms with van der Waals surface area (Å²) in [5, 5.41) is 153. The van der Waals surface area contributed by atoms with Crippen molar-refractivity contribution < 1.29 is 76.6 Å². The van der Waals surface area contributed by atoms with E-state index in [-0.39, 0.29) is 122 Å². The van der Waals surface area contributed by atoms with Gasteiger partial charge in [-0.15, -0.1) is 0 Å². The van der Waals surface area contributed by atoms with Crippen molar-refractivity contribution in [3.05, 3.63) is 546 Å². The number of phenolic OH excluding ortho intramolecular Hbond substituents is 15. The predicted molar refractivity (Wildman–Crippen MR) is 583 cm³/mol. The van der Waals surface area contributed by atoms with Crippen LogP contribution in [0.5, 0.6) is 86.2 Å². The van der Waals surface area contributed by atoms with Crippen LogP contribution in [0.15, 0.2) is 340 Å². The molecular weight excluding hydrogens is 1810 g/mol. The highest BCUT2D eigenvalue weighted by molar-refractivity contribution is 5.62. The SMILES string of the molecule is Cc1cc(C(c2ccc(C(c3cc(C)c(O)cc3C)c3cc(C)c(O)cc3C)cc2)c2cc(C)c(O)cc2C)c(C)cc1O.Cc1cc(C(c2ccc(C(c3ccc(O)c(C)c3)c3ccc(O)c(C)c3)cc2)c2ccc(O)c(C)c2)ccc1O.Cc1ccc(O)c(Cc2cc(C)cc(Cc3cc(C)ccc3O)c2O)c1.Oc1ccc(C(c2ccc(O)cc2)c2ccc(C(c3ccc(O)cc3)c3ccc(O)cc3)cc2)cc1. The first-order valence-electron chi connectivity index (χ1n) is 48.9. The predicted octanol–water partition coefficient (Wildman–Crippen LogP) is 29.2. The topological polar surface area (TPSA) is 303 Å². The molecule has 0 bridgehead atoms. The van der Waals surface area contributed by atoms with Gasteiger partial charge in [-0.1, -0.05) is 247 Å². The molecule has 0 aliphatic carbocycles. The summed E-state index contributed by atoms with van der Waals surface area (Å²) in [6, 6.07) is 108. The van der Waals surface area contributed by atoms with E-state index in [2.05, 4.69) is 97.1 Å². The molecule has 0 spiro atoms. The summed E-state index contributed by atoms with van der Waals surface area (Å²) < 4.78 is 0. The van der Waals surface area contributed by atoms with Gasteiger partial charge in [0.25, 0.3) is 0 Å². The van der Waals surface area contributed by atoms with Crippen molar-refractivity contribution in [2.24, 2.45) is 0 Å². The Morgan fingerprint density at radius 1 is 0.137 bits per heavy atom. The molecule has 15 N–H and O–H groups in total. The van der Waals surface area contributed by atoms with Crippen LogP contribution in [0.2, 0.25) is 0 Å². The van der Waals surface area contributed by atoms with E-state index >= 15 is 0 Å². The smallest absolute Gasteiger partial charge is 0.122 e. The number of phenols is 15. The molecule has 0 saturated carbocycles. The molecule has 18 aromatic rings. The Kier molecular flexibility index (Phi) is 31.6. The second-order valence-corrected chi connectivity index (χ2v) is 39.2. The van der Waals surface area contributed by atoms with E-state index in [0.717, 1.165) is 206 Å². The van der Waals surface area contributed by atoms with Crippen LogP contribution in [0.1, 0.15) is 241 Å². The van der Waals surface area contributed by atoms with Gasteiger partial charge in [0.1, 0.15) is 86.2 Å². The average Bonchev–Trinajstić information content (AvgIpc) is 0.758. The minimum Gasteiger partial charge on any atom is -0.508 e. The highest BCUT2D eigenvalue weighted by Gasteiger charge is 2.30. The third-order valence-corrected chi connectivity index (χ3v) is 28.2. The minimum absolute atomic E-state index is 0.0824. The maximum absolute atomic E-state index is 10.8. The molecule has 18 rings (SSSR count). The summed E-state index contributed by atoms with van der Waals surface area (Å²) in [4.78, 5) is 0. The van der Waals surface area contributed by atoms with Crippen molar-refractivity contribution in [1.82, 2.24) is 0 Å². The molecular formula is C131H126O15. The molecule has 0 heterocycles. The molecule has 0 unspecified atom stereocenters. The van der Waals surface area contributed by atoms with E-state index in [1.807, 2.05) is 262 Å². The van der Waals surface area contributed by atoms with Crippen molar-refractivity contribution in [3.63, 3.8) is 0 Å². The molecule has 15 heteroatoms. The van der Waals surface area contributed by atoms with Gasteiger partial charge in [0.05, 0.1) is 0 Å². The zero-order valence-corrected chi connectivity index (χ0v) is 84.9. The van der Waals surface area contributed by atoms with Gasteiger partial charge in [-0.25, -0.2) is 0 Å². The van der Waals surface area contributed by atoms with Crippen molar-refractivity contribution in [2.75, 3.05) is 0 Å². The van der Waals surface area contributed by atoms with Crippen LogP contribution < -0.4 is 0 Å². The first-order chi connectivity index (χ1) is 69.7.